The molecule has 0 aliphatic carbocycles. The SMILES string of the molecule is COC(=O)c1cn(CC(=O)OCCOc2ccc(OC)cc2)c2ccccc12. The summed E-state index contributed by atoms with van der Waals surface area (Å²) in [5, 5.41) is 0.727. The van der Waals surface area contributed by atoms with Crippen LogP contribution in [0, 0.1) is 0 Å². The van der Waals surface area contributed by atoms with E-state index in [2.05, 4.69) is 0 Å². The van der Waals surface area contributed by atoms with Crippen molar-refractivity contribution in [1.82, 2.24) is 4.57 Å². The third-order valence-electron chi connectivity index (χ3n) is 4.17. The molecule has 0 fully saturated rings. The van der Waals surface area contributed by atoms with Gasteiger partial charge in [0.1, 0.15) is 31.3 Å². The maximum Gasteiger partial charge on any atom is 0.340 e. The standard InChI is InChI=1S/C21H21NO6/c1-25-15-7-9-16(10-8-15)27-11-12-28-20(23)14-22-13-18(21(24)26-2)17-5-3-4-6-19(17)22/h3-10,13H,11-12,14H2,1-2H3. The molecule has 0 spiro atoms. The minimum Gasteiger partial charge on any atom is -0.497 e. The van der Waals surface area contributed by atoms with Gasteiger partial charge in [0.15, 0.2) is 0 Å². The summed E-state index contributed by atoms with van der Waals surface area (Å²) in [6.45, 7) is 0.339. The molecule has 7 nitrogen and oxygen atoms in total. The maximum atomic E-state index is 12.2. The number of methoxy groups -OCH3 is 2. The van der Waals surface area contributed by atoms with Crippen molar-refractivity contribution >= 4 is 22.8 Å². The van der Waals surface area contributed by atoms with Crippen LogP contribution < -0.4 is 9.47 Å². The van der Waals surface area contributed by atoms with Gasteiger partial charge in [-0.2, -0.15) is 0 Å². The number of aromatic nitrogens is 1. The fraction of sp³-hybridized carbons (Fsp3) is 0.238. The van der Waals surface area contributed by atoms with Crippen LogP contribution in [0.25, 0.3) is 10.9 Å². The number of para-hydroxylation sites is 1. The molecule has 1 aromatic heterocycles. The number of carbonyl (C=O) groups is 2. The molecule has 0 aliphatic heterocycles. The highest BCUT2D eigenvalue weighted by Gasteiger charge is 2.16. The lowest BCUT2D eigenvalue weighted by Gasteiger charge is -2.09. The van der Waals surface area contributed by atoms with E-state index in [1.807, 2.05) is 24.3 Å². The molecule has 0 amide bonds. The van der Waals surface area contributed by atoms with Crippen molar-refractivity contribution < 1.29 is 28.5 Å². The van der Waals surface area contributed by atoms with Gasteiger partial charge < -0.3 is 23.5 Å². The third kappa shape index (κ3) is 4.43. The maximum absolute atomic E-state index is 12.2. The average molecular weight is 383 g/mol. The fourth-order valence-corrected chi connectivity index (χ4v) is 2.82. The molecular weight excluding hydrogens is 362 g/mol. The molecule has 3 aromatic rings. The van der Waals surface area contributed by atoms with E-state index in [1.165, 1.54) is 7.11 Å². The second-order valence-electron chi connectivity index (χ2n) is 5.92. The highest BCUT2D eigenvalue weighted by molar-refractivity contribution is 6.04. The van der Waals surface area contributed by atoms with Crippen LogP contribution in [0.3, 0.4) is 0 Å². The number of rotatable bonds is 8. The van der Waals surface area contributed by atoms with Gasteiger partial charge in [-0.1, -0.05) is 18.2 Å². The van der Waals surface area contributed by atoms with Crippen LogP contribution in [0.5, 0.6) is 11.5 Å². The summed E-state index contributed by atoms with van der Waals surface area (Å²) in [6, 6.07) is 14.5. The van der Waals surface area contributed by atoms with Crippen molar-refractivity contribution in [2.45, 2.75) is 6.54 Å². The highest BCUT2D eigenvalue weighted by Crippen LogP contribution is 2.22. The molecule has 0 saturated heterocycles. The van der Waals surface area contributed by atoms with E-state index in [9.17, 15) is 9.59 Å². The van der Waals surface area contributed by atoms with Crippen molar-refractivity contribution in [3.63, 3.8) is 0 Å². The highest BCUT2D eigenvalue weighted by atomic mass is 16.6. The van der Waals surface area contributed by atoms with Gasteiger partial charge in [-0.3, -0.25) is 4.79 Å². The zero-order chi connectivity index (χ0) is 19.9. The van der Waals surface area contributed by atoms with Crippen LogP contribution in [0.1, 0.15) is 10.4 Å². The van der Waals surface area contributed by atoms with Crippen LogP contribution >= 0.6 is 0 Å². The molecule has 2 aromatic carbocycles. The first kappa shape index (κ1) is 19.3. The number of benzene rings is 2. The first-order chi connectivity index (χ1) is 13.6. The van der Waals surface area contributed by atoms with E-state index < -0.39 is 11.9 Å². The summed E-state index contributed by atoms with van der Waals surface area (Å²) in [4.78, 5) is 24.1. The third-order valence-corrected chi connectivity index (χ3v) is 4.17. The van der Waals surface area contributed by atoms with E-state index in [0.717, 1.165) is 16.7 Å². The van der Waals surface area contributed by atoms with Gasteiger partial charge in [0.05, 0.1) is 19.8 Å². The number of hydrogen-bond donors (Lipinski definition) is 0. The summed E-state index contributed by atoms with van der Waals surface area (Å²) in [5.74, 6) is 0.534. The fourth-order valence-electron chi connectivity index (χ4n) is 2.82. The van der Waals surface area contributed by atoms with Gasteiger partial charge in [0.25, 0.3) is 0 Å². The van der Waals surface area contributed by atoms with E-state index in [0.29, 0.717) is 11.3 Å². The molecular formula is C21H21NO6. The minimum absolute atomic E-state index is 0.0138. The second kappa shape index (κ2) is 8.94. The molecule has 0 N–H and O–H groups in total. The molecule has 0 unspecified atom stereocenters. The molecule has 0 atom stereocenters. The van der Waals surface area contributed by atoms with E-state index in [-0.39, 0.29) is 19.8 Å². The van der Waals surface area contributed by atoms with Crippen LogP contribution in [0.2, 0.25) is 0 Å². The Morgan fingerprint density at radius 1 is 0.929 bits per heavy atom. The molecule has 0 bridgehead atoms. The monoisotopic (exact) mass is 383 g/mol. The first-order valence-corrected chi connectivity index (χ1v) is 8.71. The van der Waals surface area contributed by atoms with Crippen molar-refractivity contribution in [3.05, 3.63) is 60.3 Å². The van der Waals surface area contributed by atoms with Crippen molar-refractivity contribution in [2.75, 3.05) is 27.4 Å². The Morgan fingerprint density at radius 3 is 2.36 bits per heavy atom. The quantitative estimate of drug-likeness (QED) is 0.440. The van der Waals surface area contributed by atoms with Crippen molar-refractivity contribution in [1.29, 1.82) is 0 Å². The molecule has 146 valence electrons. The van der Waals surface area contributed by atoms with Gasteiger partial charge in [0, 0.05) is 17.1 Å². The van der Waals surface area contributed by atoms with Crippen LogP contribution in [0.15, 0.2) is 54.7 Å². The second-order valence-corrected chi connectivity index (χ2v) is 5.92. The smallest absolute Gasteiger partial charge is 0.340 e. The van der Waals surface area contributed by atoms with Gasteiger partial charge >= 0.3 is 11.9 Å². The molecule has 28 heavy (non-hydrogen) atoms. The molecule has 0 radical (unpaired) electrons. The number of carbonyl (C=O) groups excluding carboxylic acids is 2. The van der Waals surface area contributed by atoms with Gasteiger partial charge in [-0.05, 0) is 30.3 Å². The summed E-state index contributed by atoms with van der Waals surface area (Å²) in [7, 11) is 2.92. The van der Waals surface area contributed by atoms with Crippen molar-refractivity contribution in [2.24, 2.45) is 0 Å². The summed E-state index contributed by atoms with van der Waals surface area (Å²) < 4.78 is 22.3. The Morgan fingerprint density at radius 2 is 1.64 bits per heavy atom. The van der Waals surface area contributed by atoms with Crippen molar-refractivity contribution in [3.8, 4) is 11.5 Å². The Labute approximate surface area is 162 Å². The first-order valence-electron chi connectivity index (χ1n) is 8.71. The predicted molar refractivity (Wildman–Crippen MR) is 103 cm³/mol. The minimum atomic E-state index is -0.448. The molecule has 3 rings (SSSR count). The van der Waals surface area contributed by atoms with E-state index in [4.69, 9.17) is 18.9 Å². The lowest BCUT2D eigenvalue weighted by molar-refractivity contribution is -0.145. The lowest BCUT2D eigenvalue weighted by atomic mass is 10.2. The molecule has 1 heterocycles. The molecule has 0 aliphatic rings. The lowest BCUT2D eigenvalue weighted by Crippen LogP contribution is -2.17. The number of ether oxygens (including phenoxy) is 4. The zero-order valence-corrected chi connectivity index (χ0v) is 15.7. The molecule has 7 heteroatoms. The Balaban J connectivity index is 1.55. The van der Waals surface area contributed by atoms with Crippen LogP contribution in [0.4, 0.5) is 0 Å². The van der Waals surface area contributed by atoms with Gasteiger partial charge in [-0.15, -0.1) is 0 Å². The number of esters is 2. The van der Waals surface area contributed by atoms with Gasteiger partial charge in [0.2, 0.25) is 0 Å². The topological polar surface area (TPSA) is 76.0 Å². The Kier molecular flexibility index (Phi) is 6.16. The Hall–Kier alpha value is -3.48. The van der Waals surface area contributed by atoms with E-state index in [1.54, 1.807) is 42.1 Å². The number of nitrogens with zero attached hydrogens (tertiary/aromatic N) is 1. The predicted octanol–water partition coefficient (Wildman–Crippen LogP) is 3.06. The van der Waals surface area contributed by atoms with Crippen LogP contribution in [-0.4, -0.2) is 43.9 Å². The summed E-state index contributed by atoms with van der Waals surface area (Å²) >= 11 is 0. The number of fused-ring (bicyclic) bond motifs is 1. The summed E-state index contributed by atoms with van der Waals surface area (Å²) in [6.07, 6.45) is 1.60. The normalized spacial score (nSPS) is 10.5. The average Bonchev–Trinajstić information content (AvgIpc) is 3.09. The Bertz CT molecular complexity index is 961. The van der Waals surface area contributed by atoms with E-state index >= 15 is 0 Å². The van der Waals surface area contributed by atoms with Gasteiger partial charge in [-0.25, -0.2) is 4.79 Å². The van der Waals surface area contributed by atoms with Crippen LogP contribution in [-0.2, 0) is 20.8 Å². The molecule has 0 saturated carbocycles. The summed E-state index contributed by atoms with van der Waals surface area (Å²) in [5.41, 5.74) is 1.17. The zero-order valence-electron chi connectivity index (χ0n) is 15.7. The number of hydrogen-bond acceptors (Lipinski definition) is 6. The largest absolute Gasteiger partial charge is 0.497 e.